The molecule has 0 radical (unpaired) electrons. The number of sulfonamides is 1. The summed E-state index contributed by atoms with van der Waals surface area (Å²) >= 11 is 0. The predicted molar refractivity (Wildman–Crippen MR) is 111 cm³/mol. The number of rotatable bonds is 6. The topological polar surface area (TPSA) is 66.5 Å². The summed E-state index contributed by atoms with van der Waals surface area (Å²) in [5.41, 5.74) is 5.43. The molecule has 1 N–H and O–H groups in total. The van der Waals surface area contributed by atoms with Crippen LogP contribution in [0.15, 0.2) is 36.4 Å². The van der Waals surface area contributed by atoms with Crippen molar-refractivity contribution >= 4 is 21.6 Å². The van der Waals surface area contributed by atoms with Gasteiger partial charge in [-0.3, -0.25) is 9.10 Å². The quantitative estimate of drug-likeness (QED) is 0.823. The van der Waals surface area contributed by atoms with Gasteiger partial charge in [0.25, 0.3) is 0 Å². The molecule has 0 saturated carbocycles. The van der Waals surface area contributed by atoms with Gasteiger partial charge in [-0.05, 0) is 56.9 Å². The van der Waals surface area contributed by atoms with Crippen LogP contribution in [0.5, 0.6) is 0 Å². The first-order valence-corrected chi connectivity index (χ1v) is 10.8. The smallest absolute Gasteiger partial charge is 0.241 e. The molecule has 0 unspecified atom stereocenters. The van der Waals surface area contributed by atoms with E-state index in [1.165, 1.54) is 4.31 Å². The molecule has 1 atom stereocenters. The zero-order valence-corrected chi connectivity index (χ0v) is 17.6. The average Bonchev–Trinajstić information content (AvgIpc) is 2.55. The maximum atomic E-state index is 12.7. The number of nitrogens with one attached hydrogen (secondary N) is 1. The lowest BCUT2D eigenvalue weighted by atomic mass is 10.00. The Balaban J connectivity index is 2.26. The van der Waals surface area contributed by atoms with Crippen molar-refractivity contribution < 1.29 is 13.2 Å². The van der Waals surface area contributed by atoms with E-state index in [9.17, 15) is 13.2 Å². The van der Waals surface area contributed by atoms with E-state index in [0.29, 0.717) is 5.69 Å². The SMILES string of the molecule is Cc1ccc(C)c([C@@H](C)NC(=O)CN(c2c(C)cccc2C)S(C)(=O)=O)c1. The summed E-state index contributed by atoms with van der Waals surface area (Å²) in [6, 6.07) is 11.4. The Morgan fingerprint density at radius 1 is 1.04 bits per heavy atom. The Morgan fingerprint density at radius 2 is 1.63 bits per heavy atom. The third kappa shape index (κ3) is 5.10. The standard InChI is InChI=1S/C21H28N2O3S/c1-14-10-11-15(2)19(12-14)18(5)22-20(24)13-23(27(6,25)26)21-16(3)8-7-9-17(21)4/h7-12,18H,13H2,1-6H3,(H,22,24)/t18-/m1/s1. The van der Waals surface area contributed by atoms with Gasteiger partial charge in [0.05, 0.1) is 18.0 Å². The van der Waals surface area contributed by atoms with Crippen LogP contribution in [0.2, 0.25) is 0 Å². The normalized spacial score (nSPS) is 12.5. The van der Waals surface area contributed by atoms with Crippen molar-refractivity contribution in [3.05, 3.63) is 64.2 Å². The monoisotopic (exact) mass is 388 g/mol. The van der Waals surface area contributed by atoms with Crippen molar-refractivity contribution in [2.45, 2.75) is 40.7 Å². The number of aryl methyl sites for hydroxylation is 4. The van der Waals surface area contributed by atoms with Gasteiger partial charge in [-0.15, -0.1) is 0 Å². The van der Waals surface area contributed by atoms with Crippen LogP contribution in [0.4, 0.5) is 5.69 Å². The lowest BCUT2D eigenvalue weighted by molar-refractivity contribution is -0.120. The van der Waals surface area contributed by atoms with E-state index in [1.807, 2.05) is 71.0 Å². The molecule has 0 heterocycles. The van der Waals surface area contributed by atoms with Gasteiger partial charge in [-0.1, -0.05) is 42.0 Å². The second-order valence-electron chi connectivity index (χ2n) is 7.16. The van der Waals surface area contributed by atoms with Crippen LogP contribution in [0.25, 0.3) is 0 Å². The van der Waals surface area contributed by atoms with Gasteiger partial charge in [0, 0.05) is 0 Å². The number of hydrogen-bond acceptors (Lipinski definition) is 3. The molecule has 0 spiro atoms. The minimum atomic E-state index is -3.60. The van der Waals surface area contributed by atoms with Crippen molar-refractivity contribution in [3.8, 4) is 0 Å². The van der Waals surface area contributed by atoms with E-state index in [1.54, 1.807) is 0 Å². The maximum absolute atomic E-state index is 12.7. The van der Waals surface area contributed by atoms with Gasteiger partial charge < -0.3 is 5.32 Å². The molecule has 0 aliphatic rings. The molecule has 146 valence electrons. The Bertz CT molecular complexity index is 932. The van der Waals surface area contributed by atoms with Crippen molar-refractivity contribution in [1.82, 2.24) is 5.32 Å². The second kappa shape index (κ2) is 8.13. The number of amides is 1. The Hall–Kier alpha value is -2.34. The molecule has 0 fully saturated rings. The number of anilines is 1. The fourth-order valence-electron chi connectivity index (χ4n) is 3.28. The average molecular weight is 389 g/mol. The molecule has 2 aromatic rings. The first-order valence-electron chi connectivity index (χ1n) is 8.91. The molecule has 6 heteroatoms. The molecule has 5 nitrogen and oxygen atoms in total. The number of benzene rings is 2. The number of para-hydroxylation sites is 1. The summed E-state index contributed by atoms with van der Waals surface area (Å²) < 4.78 is 25.9. The summed E-state index contributed by atoms with van der Waals surface area (Å²) in [5, 5.41) is 2.93. The third-order valence-corrected chi connectivity index (χ3v) is 5.77. The van der Waals surface area contributed by atoms with Crippen LogP contribution in [0.3, 0.4) is 0 Å². The van der Waals surface area contributed by atoms with Crippen LogP contribution in [0.1, 0.15) is 40.8 Å². The minimum absolute atomic E-state index is 0.211. The van der Waals surface area contributed by atoms with Gasteiger partial charge >= 0.3 is 0 Å². The van der Waals surface area contributed by atoms with E-state index in [0.717, 1.165) is 34.1 Å². The largest absolute Gasteiger partial charge is 0.348 e. The summed E-state index contributed by atoms with van der Waals surface area (Å²) in [6.07, 6.45) is 1.13. The highest BCUT2D eigenvalue weighted by atomic mass is 32.2. The number of nitrogens with zero attached hydrogens (tertiary/aromatic N) is 1. The molecule has 0 aliphatic carbocycles. The highest BCUT2D eigenvalue weighted by molar-refractivity contribution is 7.92. The first-order chi connectivity index (χ1) is 12.5. The summed E-state index contributed by atoms with van der Waals surface area (Å²) in [7, 11) is -3.60. The maximum Gasteiger partial charge on any atom is 0.241 e. The molecule has 2 aromatic carbocycles. The van der Waals surface area contributed by atoms with Gasteiger partial charge in [0.15, 0.2) is 0 Å². The minimum Gasteiger partial charge on any atom is -0.348 e. The molecule has 2 rings (SSSR count). The lowest BCUT2D eigenvalue weighted by Gasteiger charge is -2.26. The van der Waals surface area contributed by atoms with Gasteiger partial charge in [-0.25, -0.2) is 8.42 Å². The molecule has 27 heavy (non-hydrogen) atoms. The second-order valence-corrected chi connectivity index (χ2v) is 9.07. The van der Waals surface area contributed by atoms with E-state index >= 15 is 0 Å². The van der Waals surface area contributed by atoms with Crippen LogP contribution in [-0.4, -0.2) is 27.1 Å². The zero-order valence-electron chi connectivity index (χ0n) is 16.8. The molecule has 0 aliphatic heterocycles. The molecule has 0 aromatic heterocycles. The number of carbonyl (C=O) groups is 1. The van der Waals surface area contributed by atoms with Crippen LogP contribution in [-0.2, 0) is 14.8 Å². The van der Waals surface area contributed by atoms with E-state index < -0.39 is 10.0 Å². The first kappa shape index (κ1) is 21.0. The fraction of sp³-hybridized carbons (Fsp3) is 0.381. The van der Waals surface area contributed by atoms with Crippen LogP contribution >= 0.6 is 0 Å². The van der Waals surface area contributed by atoms with Crippen molar-refractivity contribution in [2.24, 2.45) is 0 Å². The van der Waals surface area contributed by atoms with E-state index in [-0.39, 0.29) is 18.5 Å². The highest BCUT2D eigenvalue weighted by Gasteiger charge is 2.24. The predicted octanol–water partition coefficient (Wildman–Crippen LogP) is 3.56. The van der Waals surface area contributed by atoms with Gasteiger partial charge in [-0.2, -0.15) is 0 Å². The highest BCUT2D eigenvalue weighted by Crippen LogP contribution is 2.26. The molecular formula is C21H28N2O3S. The van der Waals surface area contributed by atoms with Gasteiger partial charge in [0.2, 0.25) is 15.9 Å². The summed E-state index contributed by atoms with van der Waals surface area (Å²) in [5.74, 6) is -0.337. The zero-order chi connectivity index (χ0) is 20.4. The summed E-state index contributed by atoms with van der Waals surface area (Å²) in [6.45, 7) is 9.35. The Kier molecular flexibility index (Phi) is 6.31. The fourth-order valence-corrected chi connectivity index (χ4v) is 4.25. The Labute approximate surface area is 162 Å². The van der Waals surface area contributed by atoms with E-state index in [2.05, 4.69) is 5.32 Å². The molecule has 1 amide bonds. The lowest BCUT2D eigenvalue weighted by Crippen LogP contribution is -2.41. The number of hydrogen-bond donors (Lipinski definition) is 1. The third-order valence-electron chi connectivity index (χ3n) is 4.66. The van der Waals surface area contributed by atoms with Gasteiger partial charge in [0.1, 0.15) is 6.54 Å². The number of carbonyl (C=O) groups excluding carboxylic acids is 1. The van der Waals surface area contributed by atoms with Crippen molar-refractivity contribution in [1.29, 1.82) is 0 Å². The molecule has 0 bridgehead atoms. The van der Waals surface area contributed by atoms with Crippen LogP contribution in [0, 0.1) is 27.7 Å². The Morgan fingerprint density at radius 3 is 2.19 bits per heavy atom. The van der Waals surface area contributed by atoms with Crippen molar-refractivity contribution in [3.63, 3.8) is 0 Å². The van der Waals surface area contributed by atoms with Crippen molar-refractivity contribution in [2.75, 3.05) is 17.1 Å². The molecular weight excluding hydrogens is 360 g/mol. The molecule has 0 saturated heterocycles. The van der Waals surface area contributed by atoms with Crippen LogP contribution < -0.4 is 9.62 Å². The van der Waals surface area contributed by atoms with E-state index in [4.69, 9.17) is 0 Å². The summed E-state index contributed by atoms with van der Waals surface area (Å²) in [4.78, 5) is 12.7.